The van der Waals surface area contributed by atoms with Gasteiger partial charge in [0.15, 0.2) is 0 Å². The predicted octanol–water partition coefficient (Wildman–Crippen LogP) is 3.94. The number of fused-ring (bicyclic) bond motifs is 1. The molecule has 6 heteroatoms. The zero-order valence-electron chi connectivity index (χ0n) is 9.12. The van der Waals surface area contributed by atoms with Crippen LogP contribution >= 0.6 is 11.3 Å². The Morgan fingerprint density at radius 1 is 1.28 bits per heavy atom. The number of hydrogen-bond acceptors (Lipinski definition) is 2. The molecular weight excluding hydrogens is 265 g/mol. The van der Waals surface area contributed by atoms with Crippen molar-refractivity contribution < 1.29 is 23.1 Å². The third-order valence-electron chi connectivity index (χ3n) is 2.49. The number of benzene rings is 1. The number of thiophene rings is 1. The predicted molar refractivity (Wildman–Crippen MR) is 62.8 cm³/mol. The maximum Gasteiger partial charge on any atom is 0.425 e. The van der Waals surface area contributed by atoms with Crippen LogP contribution in [-0.4, -0.2) is 11.1 Å². The first kappa shape index (κ1) is 12.9. The summed E-state index contributed by atoms with van der Waals surface area (Å²) in [5.74, 6) is -0.919. The third kappa shape index (κ3) is 2.81. The molecule has 0 fully saturated rings. The number of carbonyl (C=O) groups is 1. The van der Waals surface area contributed by atoms with Gasteiger partial charge in [0.1, 0.15) is 4.88 Å². The fourth-order valence-corrected chi connectivity index (χ4v) is 2.62. The van der Waals surface area contributed by atoms with Crippen molar-refractivity contribution in [2.24, 2.45) is 0 Å². The highest BCUT2D eigenvalue weighted by molar-refractivity contribution is 7.19. The summed E-state index contributed by atoms with van der Waals surface area (Å²) < 4.78 is 38.1. The number of carboxylic acid groups (broad SMARTS) is 1. The van der Waals surface area contributed by atoms with Crippen LogP contribution in [0.25, 0.3) is 10.1 Å². The van der Waals surface area contributed by atoms with E-state index < -0.39 is 17.0 Å². The zero-order chi connectivity index (χ0) is 13.3. The summed E-state index contributed by atoms with van der Waals surface area (Å²) in [6.45, 7) is 0. The third-order valence-corrected chi connectivity index (χ3v) is 3.63. The van der Waals surface area contributed by atoms with E-state index in [1.807, 2.05) is 0 Å². The van der Waals surface area contributed by atoms with Crippen LogP contribution in [0.3, 0.4) is 0 Å². The zero-order valence-corrected chi connectivity index (χ0v) is 9.94. The van der Waals surface area contributed by atoms with E-state index in [4.69, 9.17) is 5.11 Å². The van der Waals surface area contributed by atoms with Crippen molar-refractivity contribution in [1.29, 1.82) is 0 Å². The van der Waals surface area contributed by atoms with Crippen molar-refractivity contribution in [2.75, 3.05) is 0 Å². The Morgan fingerprint density at radius 2 is 2.00 bits per heavy atom. The van der Waals surface area contributed by atoms with Crippen LogP contribution in [0.5, 0.6) is 0 Å². The average molecular weight is 274 g/mol. The van der Waals surface area contributed by atoms with Gasteiger partial charge in [-0.05, 0) is 29.5 Å². The van der Waals surface area contributed by atoms with E-state index in [0.29, 0.717) is 27.8 Å². The quantitative estimate of drug-likeness (QED) is 0.920. The lowest BCUT2D eigenvalue weighted by Crippen LogP contribution is -2.00. The highest BCUT2D eigenvalue weighted by Gasteiger charge is 2.32. The molecule has 0 aliphatic rings. The molecule has 0 radical (unpaired) electrons. The van der Waals surface area contributed by atoms with Gasteiger partial charge in [-0.25, -0.2) is 0 Å². The Hall–Kier alpha value is -1.56. The molecule has 0 aliphatic heterocycles. The fraction of sp³-hybridized carbons (Fsp3) is 0.250. The van der Waals surface area contributed by atoms with Crippen molar-refractivity contribution in [2.45, 2.75) is 19.0 Å². The topological polar surface area (TPSA) is 37.3 Å². The second kappa shape index (κ2) is 4.61. The molecule has 0 atom stereocenters. The number of rotatable bonds is 3. The van der Waals surface area contributed by atoms with Crippen molar-refractivity contribution in [1.82, 2.24) is 0 Å². The van der Waals surface area contributed by atoms with Gasteiger partial charge in [0.05, 0.1) is 0 Å². The Balaban J connectivity index is 2.31. The number of halogens is 3. The molecular formula is C12H9F3O2S. The summed E-state index contributed by atoms with van der Waals surface area (Å²) >= 11 is 0.680. The van der Waals surface area contributed by atoms with Gasteiger partial charge in [-0.15, -0.1) is 11.3 Å². The molecule has 1 aromatic heterocycles. The van der Waals surface area contributed by atoms with Crippen LogP contribution in [-0.2, 0) is 17.4 Å². The van der Waals surface area contributed by atoms with Gasteiger partial charge in [0.2, 0.25) is 0 Å². The highest BCUT2D eigenvalue weighted by Crippen LogP contribution is 2.38. The van der Waals surface area contributed by atoms with Crippen LogP contribution in [0.2, 0.25) is 0 Å². The summed E-state index contributed by atoms with van der Waals surface area (Å²) in [6.07, 6.45) is -4.03. The van der Waals surface area contributed by atoms with Crippen LogP contribution in [0.1, 0.15) is 16.9 Å². The minimum absolute atomic E-state index is 0.0248. The van der Waals surface area contributed by atoms with E-state index in [1.54, 1.807) is 18.2 Å². The minimum Gasteiger partial charge on any atom is -0.481 e. The van der Waals surface area contributed by atoms with Gasteiger partial charge in [-0.1, -0.05) is 12.1 Å². The monoisotopic (exact) mass is 274 g/mol. The van der Waals surface area contributed by atoms with Crippen LogP contribution in [0, 0.1) is 0 Å². The lowest BCUT2D eigenvalue weighted by Gasteiger charge is -1.99. The van der Waals surface area contributed by atoms with E-state index in [9.17, 15) is 18.0 Å². The van der Waals surface area contributed by atoms with E-state index in [1.165, 1.54) is 0 Å². The molecule has 0 saturated heterocycles. The van der Waals surface area contributed by atoms with Gasteiger partial charge < -0.3 is 5.11 Å². The van der Waals surface area contributed by atoms with Gasteiger partial charge >= 0.3 is 12.1 Å². The van der Waals surface area contributed by atoms with E-state index >= 15 is 0 Å². The molecule has 0 spiro atoms. The standard InChI is InChI=1S/C12H9F3O2S/c13-12(14,15)10-6-8-3-1-7(2-4-11(16)17)5-9(8)18-10/h1,3,5-6H,2,4H2,(H,16,17). The summed E-state index contributed by atoms with van der Waals surface area (Å²) in [5.41, 5.74) is 0.737. The van der Waals surface area contributed by atoms with Gasteiger partial charge in [-0.2, -0.15) is 13.2 Å². The largest absolute Gasteiger partial charge is 0.481 e. The number of hydrogen-bond donors (Lipinski definition) is 1. The molecule has 2 rings (SSSR count). The smallest absolute Gasteiger partial charge is 0.425 e. The molecule has 1 aromatic carbocycles. The summed E-state index contributed by atoms with van der Waals surface area (Å²) in [4.78, 5) is 9.79. The Labute approximate surface area is 105 Å². The SMILES string of the molecule is O=C(O)CCc1ccc2cc(C(F)(F)F)sc2c1. The second-order valence-corrected chi connectivity index (χ2v) is 4.96. The molecule has 18 heavy (non-hydrogen) atoms. The lowest BCUT2D eigenvalue weighted by atomic mass is 10.1. The average Bonchev–Trinajstić information content (AvgIpc) is 2.68. The number of aliphatic carboxylic acids is 1. The molecule has 0 amide bonds. The maximum absolute atomic E-state index is 12.5. The van der Waals surface area contributed by atoms with Crippen molar-refractivity contribution in [3.63, 3.8) is 0 Å². The molecule has 2 nitrogen and oxygen atoms in total. The molecule has 1 heterocycles. The maximum atomic E-state index is 12.5. The highest BCUT2D eigenvalue weighted by atomic mass is 32.1. The van der Waals surface area contributed by atoms with Crippen molar-refractivity contribution in [3.05, 3.63) is 34.7 Å². The second-order valence-electron chi connectivity index (χ2n) is 3.87. The summed E-state index contributed by atoms with van der Waals surface area (Å²) in [7, 11) is 0. The molecule has 0 aliphatic carbocycles. The van der Waals surface area contributed by atoms with Gasteiger partial charge in [0, 0.05) is 11.1 Å². The van der Waals surface area contributed by atoms with Gasteiger partial charge in [-0.3, -0.25) is 4.79 Å². The summed E-state index contributed by atoms with van der Waals surface area (Å²) in [6, 6.07) is 6.00. The van der Waals surface area contributed by atoms with Crippen LogP contribution in [0.4, 0.5) is 13.2 Å². The van der Waals surface area contributed by atoms with E-state index in [2.05, 4.69) is 0 Å². The lowest BCUT2D eigenvalue weighted by molar-refractivity contribution is -0.137. The number of alkyl halides is 3. The molecule has 0 unspecified atom stereocenters. The Bertz CT molecular complexity index is 587. The van der Waals surface area contributed by atoms with E-state index in [0.717, 1.165) is 11.6 Å². The van der Waals surface area contributed by atoms with E-state index in [-0.39, 0.29) is 6.42 Å². The molecule has 96 valence electrons. The fourth-order valence-electron chi connectivity index (χ4n) is 1.62. The molecule has 2 aromatic rings. The normalized spacial score (nSPS) is 11.9. The van der Waals surface area contributed by atoms with Crippen molar-refractivity contribution >= 4 is 27.4 Å². The minimum atomic E-state index is -4.33. The summed E-state index contributed by atoms with van der Waals surface area (Å²) in [5, 5.41) is 9.09. The molecule has 1 N–H and O–H groups in total. The molecule has 0 bridgehead atoms. The first-order chi connectivity index (χ1) is 8.36. The first-order valence-electron chi connectivity index (χ1n) is 5.18. The van der Waals surface area contributed by atoms with Crippen molar-refractivity contribution in [3.8, 4) is 0 Å². The Morgan fingerprint density at radius 3 is 2.61 bits per heavy atom. The first-order valence-corrected chi connectivity index (χ1v) is 5.99. The van der Waals surface area contributed by atoms with Crippen LogP contribution < -0.4 is 0 Å². The molecule has 0 saturated carbocycles. The number of carboxylic acids is 1. The van der Waals surface area contributed by atoms with Gasteiger partial charge in [0.25, 0.3) is 0 Å². The Kier molecular flexibility index (Phi) is 3.30. The van der Waals surface area contributed by atoms with Crippen LogP contribution in [0.15, 0.2) is 24.3 Å². The number of aryl methyl sites for hydroxylation is 1.